The highest BCUT2D eigenvalue weighted by Crippen LogP contribution is 2.30. The van der Waals surface area contributed by atoms with Gasteiger partial charge in [-0.1, -0.05) is 0 Å². The first-order chi connectivity index (χ1) is 16.5. The number of carbonyl (C=O) groups is 1. The molecule has 192 valence electrons. The lowest BCUT2D eigenvalue weighted by Crippen LogP contribution is -2.40. The summed E-state index contributed by atoms with van der Waals surface area (Å²) in [6.07, 6.45) is 3.65. The fourth-order valence-corrected chi connectivity index (χ4v) is 3.80. The molecule has 0 saturated carbocycles. The molecule has 0 aromatic carbocycles. The van der Waals surface area contributed by atoms with Crippen molar-refractivity contribution in [2.45, 2.75) is 52.2 Å². The lowest BCUT2D eigenvalue weighted by Gasteiger charge is -2.30. The SMILES string of the molecule is Cc1c(Oc2cnc(CCS(C)(=O)=O)cc2F)ncnc1OC1CCN(OC(=O)OC(C)C)CC1. The van der Waals surface area contributed by atoms with Crippen LogP contribution in [0.3, 0.4) is 0 Å². The standard InChI is InChI=1S/C22H29FN4O7S/c1-14(2)31-22(28)34-27-8-5-17(6-9-27)32-20-15(3)21(26-13-25-20)33-19-12-24-16(11-18(19)23)7-10-35(4,29)30/h11-14,17H,5-10H2,1-4H3. The van der Waals surface area contributed by atoms with E-state index in [0.29, 0.717) is 43.1 Å². The molecule has 3 heterocycles. The van der Waals surface area contributed by atoms with Crippen LogP contribution in [0.4, 0.5) is 9.18 Å². The highest BCUT2D eigenvalue weighted by Gasteiger charge is 2.25. The molecule has 0 atom stereocenters. The summed E-state index contributed by atoms with van der Waals surface area (Å²) in [6, 6.07) is 1.14. The van der Waals surface area contributed by atoms with Gasteiger partial charge in [0.25, 0.3) is 0 Å². The second-order valence-electron chi connectivity index (χ2n) is 8.45. The number of rotatable bonds is 9. The van der Waals surface area contributed by atoms with Crippen LogP contribution in [-0.4, -0.2) is 71.9 Å². The molecule has 11 nitrogen and oxygen atoms in total. The van der Waals surface area contributed by atoms with Crippen LogP contribution in [-0.2, 0) is 25.8 Å². The van der Waals surface area contributed by atoms with E-state index in [2.05, 4.69) is 15.0 Å². The Morgan fingerprint density at radius 1 is 1.20 bits per heavy atom. The Morgan fingerprint density at radius 3 is 2.51 bits per heavy atom. The van der Waals surface area contributed by atoms with E-state index in [-0.39, 0.29) is 36.0 Å². The maximum Gasteiger partial charge on any atom is 0.528 e. The lowest BCUT2D eigenvalue weighted by molar-refractivity contribution is -0.151. The Balaban J connectivity index is 1.58. The molecule has 13 heteroatoms. The summed E-state index contributed by atoms with van der Waals surface area (Å²) in [5, 5.41) is 1.53. The molecule has 0 bridgehead atoms. The zero-order valence-corrected chi connectivity index (χ0v) is 20.9. The van der Waals surface area contributed by atoms with Crippen molar-refractivity contribution < 1.29 is 36.7 Å². The van der Waals surface area contributed by atoms with E-state index in [1.165, 1.54) is 17.6 Å². The van der Waals surface area contributed by atoms with Crippen LogP contribution >= 0.6 is 0 Å². The van der Waals surface area contributed by atoms with E-state index in [0.717, 1.165) is 12.3 Å². The quantitative estimate of drug-likeness (QED) is 0.460. The molecule has 2 aromatic rings. The number of halogens is 1. The second kappa shape index (κ2) is 11.6. The second-order valence-corrected chi connectivity index (χ2v) is 10.7. The Kier molecular flexibility index (Phi) is 8.78. The average Bonchev–Trinajstić information content (AvgIpc) is 2.77. The van der Waals surface area contributed by atoms with Gasteiger partial charge in [0.15, 0.2) is 11.6 Å². The van der Waals surface area contributed by atoms with E-state index in [1.54, 1.807) is 20.8 Å². The summed E-state index contributed by atoms with van der Waals surface area (Å²) < 4.78 is 53.7. The molecular weight excluding hydrogens is 483 g/mol. The summed E-state index contributed by atoms with van der Waals surface area (Å²) >= 11 is 0. The third-order valence-corrected chi connectivity index (χ3v) is 5.96. The summed E-state index contributed by atoms with van der Waals surface area (Å²) in [4.78, 5) is 29.1. The molecule has 2 aromatic heterocycles. The molecule has 1 aliphatic heterocycles. The van der Waals surface area contributed by atoms with Gasteiger partial charge in [-0.15, -0.1) is 5.06 Å². The van der Waals surface area contributed by atoms with E-state index in [4.69, 9.17) is 19.0 Å². The van der Waals surface area contributed by atoms with Crippen molar-refractivity contribution in [2.24, 2.45) is 0 Å². The fourth-order valence-electron chi connectivity index (χ4n) is 3.22. The third kappa shape index (κ3) is 8.28. The third-order valence-electron chi connectivity index (χ3n) is 5.02. The molecule has 1 fully saturated rings. The van der Waals surface area contributed by atoms with Gasteiger partial charge in [-0.3, -0.25) is 4.98 Å². The van der Waals surface area contributed by atoms with Gasteiger partial charge in [-0.2, -0.15) is 0 Å². The zero-order valence-electron chi connectivity index (χ0n) is 20.1. The van der Waals surface area contributed by atoms with Gasteiger partial charge in [0.2, 0.25) is 11.8 Å². The molecular formula is C22H29FN4O7S. The first-order valence-electron chi connectivity index (χ1n) is 11.1. The van der Waals surface area contributed by atoms with Crippen molar-refractivity contribution >= 4 is 16.0 Å². The van der Waals surface area contributed by atoms with Crippen LogP contribution in [0, 0.1) is 12.7 Å². The number of hydrogen-bond donors (Lipinski definition) is 0. The van der Waals surface area contributed by atoms with Crippen LogP contribution in [0.25, 0.3) is 0 Å². The predicted molar refractivity (Wildman–Crippen MR) is 122 cm³/mol. The Labute approximate surface area is 203 Å². The molecule has 0 aliphatic carbocycles. The van der Waals surface area contributed by atoms with Gasteiger partial charge in [-0.05, 0) is 26.8 Å². The summed E-state index contributed by atoms with van der Waals surface area (Å²) in [5.41, 5.74) is 0.781. The number of ether oxygens (including phenoxy) is 3. The number of piperidine rings is 1. The maximum absolute atomic E-state index is 14.5. The van der Waals surface area contributed by atoms with Crippen LogP contribution in [0.2, 0.25) is 0 Å². The van der Waals surface area contributed by atoms with E-state index >= 15 is 0 Å². The molecule has 0 unspecified atom stereocenters. The summed E-state index contributed by atoms with van der Waals surface area (Å²) in [7, 11) is -3.18. The van der Waals surface area contributed by atoms with Crippen LogP contribution in [0.5, 0.6) is 17.5 Å². The van der Waals surface area contributed by atoms with Crippen LogP contribution in [0.1, 0.15) is 37.9 Å². The number of hydrogen-bond acceptors (Lipinski definition) is 11. The monoisotopic (exact) mass is 512 g/mol. The molecule has 0 spiro atoms. The maximum atomic E-state index is 14.5. The van der Waals surface area contributed by atoms with Crippen molar-refractivity contribution in [3.8, 4) is 17.5 Å². The smallest absolute Gasteiger partial charge is 0.474 e. The minimum atomic E-state index is -3.18. The topological polar surface area (TPSA) is 130 Å². The van der Waals surface area contributed by atoms with E-state index < -0.39 is 21.8 Å². The van der Waals surface area contributed by atoms with Crippen LogP contribution < -0.4 is 9.47 Å². The molecule has 0 radical (unpaired) electrons. The molecule has 3 rings (SSSR count). The predicted octanol–water partition coefficient (Wildman–Crippen LogP) is 3.02. The number of hydroxylamine groups is 2. The minimum Gasteiger partial charge on any atom is -0.474 e. The van der Waals surface area contributed by atoms with Crippen molar-refractivity contribution in [3.05, 3.63) is 35.7 Å². The number of sulfone groups is 1. The highest BCUT2D eigenvalue weighted by atomic mass is 32.2. The first kappa shape index (κ1) is 26.5. The Morgan fingerprint density at radius 2 is 1.89 bits per heavy atom. The molecule has 0 N–H and O–H groups in total. The van der Waals surface area contributed by atoms with Gasteiger partial charge in [0, 0.05) is 44.3 Å². The van der Waals surface area contributed by atoms with Crippen molar-refractivity contribution in [1.82, 2.24) is 20.0 Å². The number of aryl methyl sites for hydroxylation is 1. The summed E-state index contributed by atoms with van der Waals surface area (Å²) in [6.45, 7) is 6.11. The molecule has 1 aliphatic rings. The van der Waals surface area contributed by atoms with Crippen molar-refractivity contribution in [1.29, 1.82) is 0 Å². The van der Waals surface area contributed by atoms with Gasteiger partial charge < -0.3 is 19.0 Å². The zero-order chi connectivity index (χ0) is 25.6. The fraction of sp³-hybridized carbons (Fsp3) is 0.545. The van der Waals surface area contributed by atoms with Gasteiger partial charge >= 0.3 is 6.16 Å². The van der Waals surface area contributed by atoms with Gasteiger partial charge in [0.05, 0.1) is 23.6 Å². The van der Waals surface area contributed by atoms with Crippen molar-refractivity contribution in [2.75, 3.05) is 25.1 Å². The van der Waals surface area contributed by atoms with Gasteiger partial charge in [0.1, 0.15) is 22.3 Å². The van der Waals surface area contributed by atoms with Crippen molar-refractivity contribution in [3.63, 3.8) is 0 Å². The number of carbonyl (C=O) groups excluding carboxylic acids is 1. The molecule has 0 amide bonds. The molecule has 35 heavy (non-hydrogen) atoms. The summed E-state index contributed by atoms with van der Waals surface area (Å²) in [5.74, 6) is -0.561. The molecule has 1 saturated heterocycles. The first-order valence-corrected chi connectivity index (χ1v) is 13.2. The largest absolute Gasteiger partial charge is 0.528 e. The number of nitrogens with zero attached hydrogens (tertiary/aromatic N) is 4. The Bertz CT molecular complexity index is 1140. The Hall–Kier alpha value is -3.06. The minimum absolute atomic E-state index is 0.101. The normalized spacial score (nSPS) is 15.1. The number of aromatic nitrogens is 3. The van der Waals surface area contributed by atoms with Gasteiger partial charge in [-0.25, -0.2) is 27.6 Å². The number of pyridine rings is 1. The van der Waals surface area contributed by atoms with Crippen LogP contribution in [0.15, 0.2) is 18.6 Å². The lowest BCUT2D eigenvalue weighted by atomic mass is 10.1. The van der Waals surface area contributed by atoms with E-state index in [9.17, 15) is 17.6 Å². The van der Waals surface area contributed by atoms with E-state index in [1.807, 2.05) is 0 Å². The highest BCUT2D eigenvalue weighted by molar-refractivity contribution is 7.90. The average molecular weight is 513 g/mol.